The maximum Gasteiger partial charge on any atom is 0.166 e. The van der Waals surface area contributed by atoms with E-state index in [1.807, 2.05) is 26.0 Å². The normalized spacial score (nSPS) is 12.2. The van der Waals surface area contributed by atoms with Gasteiger partial charge in [0.1, 0.15) is 5.75 Å². The van der Waals surface area contributed by atoms with Crippen LogP contribution in [0, 0.1) is 12.7 Å². The van der Waals surface area contributed by atoms with Crippen LogP contribution in [0.2, 0.25) is 0 Å². The standard InChI is InChI=1S/C15H16FNO2/c1-9-3-5-14(18)12(7-9)10(2)17-11-4-6-15(19)13(16)8-11/h3-8,10,17-19H,1-2H3. The van der Waals surface area contributed by atoms with Gasteiger partial charge in [-0.25, -0.2) is 4.39 Å². The SMILES string of the molecule is Cc1ccc(O)c(C(C)Nc2ccc(O)c(F)c2)c1. The predicted octanol–water partition coefficient (Wildman–Crippen LogP) is 3.72. The van der Waals surface area contributed by atoms with Crippen molar-refractivity contribution in [3.63, 3.8) is 0 Å². The second-order valence-electron chi connectivity index (χ2n) is 4.59. The molecule has 0 aliphatic carbocycles. The molecule has 0 fully saturated rings. The molecule has 0 aliphatic rings. The minimum Gasteiger partial charge on any atom is -0.508 e. The van der Waals surface area contributed by atoms with E-state index in [4.69, 9.17) is 5.11 Å². The second kappa shape index (κ2) is 5.18. The molecule has 3 nitrogen and oxygen atoms in total. The Morgan fingerprint density at radius 2 is 1.74 bits per heavy atom. The van der Waals surface area contributed by atoms with Crippen LogP contribution in [-0.2, 0) is 0 Å². The van der Waals surface area contributed by atoms with Crippen LogP contribution in [0.15, 0.2) is 36.4 Å². The van der Waals surface area contributed by atoms with Gasteiger partial charge in [0, 0.05) is 17.3 Å². The van der Waals surface area contributed by atoms with Crippen LogP contribution in [-0.4, -0.2) is 10.2 Å². The highest BCUT2D eigenvalue weighted by molar-refractivity contribution is 5.50. The van der Waals surface area contributed by atoms with Crippen molar-refractivity contribution in [1.82, 2.24) is 0 Å². The summed E-state index contributed by atoms with van der Waals surface area (Å²) in [6.07, 6.45) is 0. The Kier molecular flexibility index (Phi) is 3.60. The number of anilines is 1. The Balaban J connectivity index is 2.22. The van der Waals surface area contributed by atoms with E-state index >= 15 is 0 Å². The van der Waals surface area contributed by atoms with Gasteiger partial charge in [-0.05, 0) is 32.0 Å². The minimum atomic E-state index is -0.675. The van der Waals surface area contributed by atoms with Gasteiger partial charge in [0.25, 0.3) is 0 Å². The Morgan fingerprint density at radius 1 is 1.05 bits per heavy atom. The summed E-state index contributed by atoms with van der Waals surface area (Å²) in [4.78, 5) is 0. The molecule has 2 aromatic carbocycles. The van der Waals surface area contributed by atoms with Crippen LogP contribution in [0.4, 0.5) is 10.1 Å². The third-order valence-electron chi connectivity index (χ3n) is 2.98. The van der Waals surface area contributed by atoms with Gasteiger partial charge in [0.05, 0.1) is 6.04 Å². The van der Waals surface area contributed by atoms with Crippen LogP contribution in [0.25, 0.3) is 0 Å². The fourth-order valence-electron chi connectivity index (χ4n) is 1.95. The van der Waals surface area contributed by atoms with Crippen molar-refractivity contribution in [2.24, 2.45) is 0 Å². The molecule has 0 bridgehead atoms. The number of phenolic OH excluding ortho intramolecular Hbond substituents is 2. The van der Waals surface area contributed by atoms with Gasteiger partial charge in [-0.3, -0.25) is 0 Å². The number of nitrogens with one attached hydrogen (secondary N) is 1. The van der Waals surface area contributed by atoms with E-state index in [0.29, 0.717) is 5.69 Å². The third kappa shape index (κ3) is 2.96. The maximum atomic E-state index is 13.2. The molecule has 0 saturated carbocycles. The molecule has 0 saturated heterocycles. The molecule has 4 heteroatoms. The van der Waals surface area contributed by atoms with Crippen LogP contribution in [0.5, 0.6) is 11.5 Å². The zero-order chi connectivity index (χ0) is 14.0. The second-order valence-corrected chi connectivity index (χ2v) is 4.59. The molecule has 0 aliphatic heterocycles. The predicted molar refractivity (Wildman–Crippen MR) is 72.9 cm³/mol. The van der Waals surface area contributed by atoms with E-state index in [9.17, 15) is 9.50 Å². The first-order chi connectivity index (χ1) is 8.97. The zero-order valence-electron chi connectivity index (χ0n) is 10.8. The Labute approximate surface area is 111 Å². The lowest BCUT2D eigenvalue weighted by Gasteiger charge is -2.17. The van der Waals surface area contributed by atoms with Crippen molar-refractivity contribution in [3.05, 3.63) is 53.3 Å². The molecule has 1 atom stereocenters. The summed E-state index contributed by atoms with van der Waals surface area (Å²) in [5.41, 5.74) is 2.33. The highest BCUT2D eigenvalue weighted by atomic mass is 19.1. The van der Waals surface area contributed by atoms with Crippen molar-refractivity contribution in [2.75, 3.05) is 5.32 Å². The molecule has 2 rings (SSSR count). The smallest absolute Gasteiger partial charge is 0.166 e. The molecular formula is C15H16FNO2. The van der Waals surface area contributed by atoms with Gasteiger partial charge in [-0.2, -0.15) is 0 Å². The van der Waals surface area contributed by atoms with Gasteiger partial charge in [0.15, 0.2) is 11.6 Å². The summed E-state index contributed by atoms with van der Waals surface area (Å²) < 4.78 is 13.2. The lowest BCUT2D eigenvalue weighted by molar-refractivity contribution is 0.432. The number of phenols is 2. The van der Waals surface area contributed by atoms with Crippen molar-refractivity contribution in [3.8, 4) is 11.5 Å². The molecular weight excluding hydrogens is 245 g/mol. The van der Waals surface area contributed by atoms with Crippen molar-refractivity contribution < 1.29 is 14.6 Å². The first-order valence-corrected chi connectivity index (χ1v) is 6.02. The largest absolute Gasteiger partial charge is 0.508 e. The van der Waals surface area contributed by atoms with Crippen LogP contribution >= 0.6 is 0 Å². The number of benzene rings is 2. The van der Waals surface area contributed by atoms with Crippen LogP contribution in [0.1, 0.15) is 24.1 Å². The topological polar surface area (TPSA) is 52.5 Å². The van der Waals surface area contributed by atoms with E-state index in [2.05, 4.69) is 5.32 Å². The fourth-order valence-corrected chi connectivity index (χ4v) is 1.95. The van der Waals surface area contributed by atoms with Gasteiger partial charge in [-0.15, -0.1) is 0 Å². The quantitative estimate of drug-likeness (QED) is 0.738. The molecule has 0 amide bonds. The average molecular weight is 261 g/mol. The molecule has 3 N–H and O–H groups in total. The van der Waals surface area contributed by atoms with E-state index in [-0.39, 0.29) is 17.5 Å². The van der Waals surface area contributed by atoms with Crippen molar-refractivity contribution in [2.45, 2.75) is 19.9 Å². The van der Waals surface area contributed by atoms with E-state index in [0.717, 1.165) is 11.1 Å². The Morgan fingerprint density at radius 3 is 2.42 bits per heavy atom. The van der Waals surface area contributed by atoms with E-state index < -0.39 is 5.82 Å². The van der Waals surface area contributed by atoms with Gasteiger partial charge < -0.3 is 15.5 Å². The summed E-state index contributed by atoms with van der Waals surface area (Å²) in [6.45, 7) is 3.81. The molecule has 0 radical (unpaired) electrons. The first kappa shape index (κ1) is 13.2. The number of hydrogen-bond donors (Lipinski definition) is 3. The molecule has 100 valence electrons. The first-order valence-electron chi connectivity index (χ1n) is 6.02. The molecule has 1 unspecified atom stereocenters. The monoisotopic (exact) mass is 261 g/mol. The summed E-state index contributed by atoms with van der Waals surface area (Å²) in [7, 11) is 0. The van der Waals surface area contributed by atoms with Crippen molar-refractivity contribution in [1.29, 1.82) is 0 Å². The maximum absolute atomic E-state index is 13.2. The average Bonchev–Trinajstić information content (AvgIpc) is 2.36. The summed E-state index contributed by atoms with van der Waals surface area (Å²) in [5, 5.41) is 22.0. The molecule has 0 spiro atoms. The lowest BCUT2D eigenvalue weighted by atomic mass is 10.0. The number of rotatable bonds is 3. The molecule has 2 aromatic rings. The summed E-state index contributed by atoms with van der Waals surface area (Å²) >= 11 is 0. The lowest BCUT2D eigenvalue weighted by Crippen LogP contribution is -2.07. The molecule has 0 aromatic heterocycles. The van der Waals surface area contributed by atoms with E-state index in [1.54, 1.807) is 12.1 Å². The third-order valence-corrected chi connectivity index (χ3v) is 2.98. The fraction of sp³-hybridized carbons (Fsp3) is 0.200. The van der Waals surface area contributed by atoms with Crippen LogP contribution in [0.3, 0.4) is 0 Å². The number of aryl methyl sites for hydroxylation is 1. The minimum absolute atomic E-state index is 0.177. The van der Waals surface area contributed by atoms with Gasteiger partial charge in [0.2, 0.25) is 0 Å². The van der Waals surface area contributed by atoms with Gasteiger partial charge >= 0.3 is 0 Å². The zero-order valence-corrected chi connectivity index (χ0v) is 10.8. The summed E-state index contributed by atoms with van der Waals surface area (Å²) in [5.74, 6) is -0.855. The highest BCUT2D eigenvalue weighted by Crippen LogP contribution is 2.29. The molecule has 19 heavy (non-hydrogen) atoms. The van der Waals surface area contributed by atoms with E-state index in [1.165, 1.54) is 12.1 Å². The molecule has 0 heterocycles. The Hall–Kier alpha value is -2.23. The number of aromatic hydroxyl groups is 2. The number of hydrogen-bond acceptors (Lipinski definition) is 3. The van der Waals surface area contributed by atoms with Crippen LogP contribution < -0.4 is 5.32 Å². The summed E-state index contributed by atoms with van der Waals surface area (Å²) in [6, 6.07) is 9.26. The highest BCUT2D eigenvalue weighted by Gasteiger charge is 2.11. The van der Waals surface area contributed by atoms with Crippen molar-refractivity contribution >= 4 is 5.69 Å². The Bertz CT molecular complexity index is 599. The van der Waals surface area contributed by atoms with Gasteiger partial charge in [-0.1, -0.05) is 17.7 Å². The number of halogens is 1.